The molecule has 0 aliphatic heterocycles. The number of hydrogen-bond donors (Lipinski definition) is 1. The first-order valence-corrected chi connectivity index (χ1v) is 9.83. The fraction of sp³-hybridized carbons (Fsp3) is 0.273. The first-order valence-electron chi connectivity index (χ1n) is 9.43. The van der Waals surface area contributed by atoms with Gasteiger partial charge in [0, 0.05) is 17.7 Å². The molecular formula is C22H27N4O2S+. The molecule has 3 aromatic rings. The first kappa shape index (κ1) is 20.8. The molecule has 3 rings (SSSR count). The van der Waals surface area contributed by atoms with Crippen molar-refractivity contribution in [3.05, 3.63) is 71.5 Å². The Balaban J connectivity index is 1.82. The minimum absolute atomic E-state index is 0.609. The lowest BCUT2D eigenvalue weighted by Gasteiger charge is -2.14. The van der Waals surface area contributed by atoms with Crippen molar-refractivity contribution >= 4 is 12.2 Å². The van der Waals surface area contributed by atoms with E-state index in [1.807, 2.05) is 51.7 Å². The van der Waals surface area contributed by atoms with Crippen LogP contribution in [-0.2, 0) is 19.8 Å². The Labute approximate surface area is 176 Å². The summed E-state index contributed by atoms with van der Waals surface area (Å²) in [6, 6.07) is 16.0. The molecule has 1 unspecified atom stereocenters. The molecule has 0 fully saturated rings. The minimum Gasteiger partial charge on any atom is -0.497 e. The topological polar surface area (TPSA) is 45.7 Å². The van der Waals surface area contributed by atoms with Crippen LogP contribution in [0.4, 0.5) is 0 Å². The summed E-state index contributed by atoms with van der Waals surface area (Å²) in [4.78, 5) is 1.27. The normalized spacial score (nSPS) is 11.8. The monoisotopic (exact) mass is 411 g/mol. The highest BCUT2D eigenvalue weighted by Gasteiger charge is 2.15. The van der Waals surface area contributed by atoms with Crippen LogP contribution < -0.4 is 14.4 Å². The number of quaternary nitrogens is 1. The van der Waals surface area contributed by atoms with Gasteiger partial charge in [0.15, 0.2) is 12.5 Å². The average Bonchev–Trinajstić information content (AvgIpc) is 3.04. The summed E-state index contributed by atoms with van der Waals surface area (Å²) in [6.45, 7) is 5.99. The van der Waals surface area contributed by atoms with E-state index in [4.69, 9.17) is 26.8 Å². The molecule has 0 aliphatic carbocycles. The Bertz CT molecular complexity index is 1010. The van der Waals surface area contributed by atoms with Crippen LogP contribution in [0.15, 0.2) is 61.2 Å². The second-order valence-corrected chi connectivity index (χ2v) is 7.24. The summed E-state index contributed by atoms with van der Waals surface area (Å²) in [5.74, 6) is 2.50. The summed E-state index contributed by atoms with van der Waals surface area (Å²) in [5.41, 5.74) is 2.22. The van der Waals surface area contributed by atoms with Crippen LogP contribution in [0, 0.1) is 4.77 Å². The molecule has 6 nitrogen and oxygen atoms in total. The van der Waals surface area contributed by atoms with Gasteiger partial charge in [0.1, 0.15) is 18.0 Å². The summed E-state index contributed by atoms with van der Waals surface area (Å²) in [5, 5.41) is 4.81. The zero-order valence-electron chi connectivity index (χ0n) is 17.1. The van der Waals surface area contributed by atoms with E-state index in [1.165, 1.54) is 10.5 Å². The van der Waals surface area contributed by atoms with Crippen LogP contribution in [0.2, 0.25) is 0 Å². The molecule has 0 radical (unpaired) electrons. The Morgan fingerprint density at radius 2 is 1.62 bits per heavy atom. The number of benzene rings is 2. The number of nitrogens with zero attached hydrogens (tertiary/aromatic N) is 3. The van der Waals surface area contributed by atoms with Gasteiger partial charge in [-0.05, 0) is 60.7 Å². The lowest BCUT2D eigenvalue weighted by atomic mass is 10.2. The highest BCUT2D eigenvalue weighted by atomic mass is 32.1. The first-order chi connectivity index (χ1) is 14.0. The van der Waals surface area contributed by atoms with E-state index in [0.717, 1.165) is 29.4 Å². The summed E-state index contributed by atoms with van der Waals surface area (Å²) in [7, 11) is 5.46. The Hall–Kier alpha value is -2.90. The molecule has 1 N–H and O–H groups in total. The van der Waals surface area contributed by atoms with E-state index in [0.29, 0.717) is 18.0 Å². The van der Waals surface area contributed by atoms with Crippen molar-refractivity contribution < 1.29 is 14.4 Å². The Kier molecular flexibility index (Phi) is 6.85. The van der Waals surface area contributed by atoms with Crippen molar-refractivity contribution in [3.63, 3.8) is 0 Å². The lowest BCUT2D eigenvalue weighted by Crippen LogP contribution is -3.07. The van der Waals surface area contributed by atoms with Crippen LogP contribution >= 0.6 is 12.2 Å². The minimum atomic E-state index is 0.609. The third-order valence-corrected chi connectivity index (χ3v) is 5.10. The molecule has 0 saturated heterocycles. The predicted octanol–water partition coefficient (Wildman–Crippen LogP) is 2.96. The molecule has 0 amide bonds. The zero-order chi connectivity index (χ0) is 20.8. The quantitative estimate of drug-likeness (QED) is 0.434. The molecule has 152 valence electrons. The average molecular weight is 412 g/mol. The van der Waals surface area contributed by atoms with Gasteiger partial charge in [0.2, 0.25) is 4.77 Å². The summed E-state index contributed by atoms with van der Waals surface area (Å²) < 4.78 is 15.1. The van der Waals surface area contributed by atoms with Crippen molar-refractivity contribution in [1.82, 2.24) is 14.3 Å². The largest absolute Gasteiger partial charge is 0.497 e. The van der Waals surface area contributed by atoms with E-state index in [9.17, 15) is 0 Å². The maximum absolute atomic E-state index is 5.70. The number of nitrogens with one attached hydrogen (secondary N) is 1. The third kappa shape index (κ3) is 4.93. The second kappa shape index (κ2) is 9.54. The van der Waals surface area contributed by atoms with Crippen molar-refractivity contribution in [3.8, 4) is 22.9 Å². The van der Waals surface area contributed by atoms with E-state index in [1.54, 1.807) is 14.2 Å². The van der Waals surface area contributed by atoms with Crippen LogP contribution in [0.5, 0.6) is 11.5 Å². The number of methoxy groups -OCH3 is 2. The zero-order valence-corrected chi connectivity index (χ0v) is 17.9. The van der Waals surface area contributed by atoms with E-state index >= 15 is 0 Å². The summed E-state index contributed by atoms with van der Waals surface area (Å²) in [6.07, 6.45) is 1.84. The third-order valence-electron chi connectivity index (χ3n) is 4.67. The number of ether oxygens (including phenoxy) is 2. The molecule has 1 aromatic heterocycles. The Morgan fingerprint density at radius 3 is 2.17 bits per heavy atom. The van der Waals surface area contributed by atoms with Gasteiger partial charge in [-0.2, -0.15) is 4.68 Å². The number of aromatic nitrogens is 3. The molecule has 0 spiro atoms. The highest BCUT2D eigenvalue weighted by molar-refractivity contribution is 7.71. The number of rotatable bonds is 9. The van der Waals surface area contributed by atoms with Crippen molar-refractivity contribution in [2.75, 3.05) is 21.3 Å². The molecule has 0 saturated carbocycles. The maximum Gasteiger partial charge on any atom is 0.203 e. The second-order valence-electron chi connectivity index (χ2n) is 6.87. The highest BCUT2D eigenvalue weighted by Crippen LogP contribution is 2.21. The molecule has 0 aliphatic rings. The van der Waals surface area contributed by atoms with Crippen molar-refractivity contribution in [2.24, 2.45) is 0 Å². The van der Waals surface area contributed by atoms with Gasteiger partial charge in [0.05, 0.1) is 21.3 Å². The van der Waals surface area contributed by atoms with Gasteiger partial charge in [-0.25, -0.2) is 0 Å². The van der Waals surface area contributed by atoms with E-state index < -0.39 is 0 Å². The van der Waals surface area contributed by atoms with Crippen LogP contribution in [0.25, 0.3) is 11.4 Å². The number of hydrogen-bond acceptors (Lipinski definition) is 4. The predicted molar refractivity (Wildman–Crippen MR) is 117 cm³/mol. The standard InChI is InChI=1S/C22H26N4O2S/c1-5-14-25-21(18-8-12-20(28-4)13-9-18)23-26(22(25)29)16-24(2)15-17-6-10-19(27-3)11-7-17/h5-13H,1,14-16H2,2-4H3/p+1. The van der Waals surface area contributed by atoms with Crippen LogP contribution in [-0.4, -0.2) is 35.6 Å². The maximum atomic E-state index is 5.70. The smallest absolute Gasteiger partial charge is 0.203 e. The van der Waals surface area contributed by atoms with E-state index in [-0.39, 0.29) is 0 Å². The molecule has 2 aromatic carbocycles. The van der Waals surface area contributed by atoms with Gasteiger partial charge in [-0.15, -0.1) is 11.7 Å². The Morgan fingerprint density at radius 1 is 1.03 bits per heavy atom. The molecule has 0 bridgehead atoms. The number of allylic oxidation sites excluding steroid dienone is 1. The lowest BCUT2D eigenvalue weighted by molar-refractivity contribution is -0.917. The molecular weight excluding hydrogens is 384 g/mol. The summed E-state index contributed by atoms with van der Waals surface area (Å²) >= 11 is 5.70. The van der Waals surface area contributed by atoms with E-state index in [2.05, 4.69) is 25.8 Å². The van der Waals surface area contributed by atoms with Gasteiger partial charge in [-0.1, -0.05) is 6.08 Å². The molecule has 1 atom stereocenters. The van der Waals surface area contributed by atoms with Gasteiger partial charge < -0.3 is 14.4 Å². The molecule has 1 heterocycles. The van der Waals surface area contributed by atoms with Crippen molar-refractivity contribution in [2.45, 2.75) is 19.8 Å². The van der Waals surface area contributed by atoms with Crippen LogP contribution in [0.1, 0.15) is 5.56 Å². The molecule has 29 heavy (non-hydrogen) atoms. The molecule has 7 heteroatoms. The fourth-order valence-electron chi connectivity index (χ4n) is 3.19. The fourth-order valence-corrected chi connectivity index (χ4v) is 3.46. The van der Waals surface area contributed by atoms with Crippen LogP contribution in [0.3, 0.4) is 0 Å². The van der Waals surface area contributed by atoms with Gasteiger partial charge in [0.25, 0.3) is 0 Å². The van der Waals surface area contributed by atoms with Gasteiger partial charge in [-0.3, -0.25) is 4.57 Å². The van der Waals surface area contributed by atoms with Gasteiger partial charge >= 0.3 is 0 Å². The van der Waals surface area contributed by atoms with Crippen molar-refractivity contribution in [1.29, 1.82) is 0 Å². The SMILES string of the molecule is C=CCn1c(-c2ccc(OC)cc2)nn(C[NH+](C)Cc2ccc(OC)cc2)c1=S.